The molecule has 3 amide bonds. The van der Waals surface area contributed by atoms with Crippen LogP contribution in [0.2, 0.25) is 5.02 Å². The van der Waals surface area contributed by atoms with E-state index in [9.17, 15) is 19.2 Å². The molecule has 0 aliphatic carbocycles. The number of benzene rings is 1. The van der Waals surface area contributed by atoms with E-state index in [-0.39, 0.29) is 41.6 Å². The summed E-state index contributed by atoms with van der Waals surface area (Å²) in [5, 5.41) is 3.53. The van der Waals surface area contributed by atoms with E-state index in [2.05, 4.69) is 19.2 Å². The van der Waals surface area contributed by atoms with Crippen molar-refractivity contribution in [3.8, 4) is 5.75 Å². The fraction of sp³-hybridized carbons (Fsp3) is 0.632. The molecule has 2 saturated heterocycles. The number of thioether (sulfide) groups is 1. The van der Waals surface area contributed by atoms with E-state index >= 15 is 0 Å². The molecule has 0 aromatic heterocycles. The Bertz CT molecular complexity index is 1550. The van der Waals surface area contributed by atoms with E-state index in [0.29, 0.717) is 35.3 Å². The van der Waals surface area contributed by atoms with Gasteiger partial charge in [0.25, 0.3) is 0 Å². The maximum absolute atomic E-state index is 14.1. The van der Waals surface area contributed by atoms with Crippen molar-refractivity contribution in [2.45, 2.75) is 115 Å². The summed E-state index contributed by atoms with van der Waals surface area (Å²) in [5.74, 6) is -0.530. The van der Waals surface area contributed by atoms with Gasteiger partial charge in [0.1, 0.15) is 34.6 Å². The Balaban J connectivity index is 1.70. The summed E-state index contributed by atoms with van der Waals surface area (Å²) in [6, 6.07) is 2.37. The van der Waals surface area contributed by atoms with Crippen molar-refractivity contribution >= 4 is 52.9 Å². The van der Waals surface area contributed by atoms with Crippen LogP contribution >= 0.6 is 23.4 Å². The first-order chi connectivity index (χ1) is 24.5. The third kappa shape index (κ3) is 9.83. The molecule has 3 aliphatic rings. The number of rotatable bonds is 9. The number of halogens is 1. The largest absolute Gasteiger partial charge is 0.495 e. The maximum atomic E-state index is 14.1. The Morgan fingerprint density at radius 3 is 2.58 bits per heavy atom. The van der Waals surface area contributed by atoms with Crippen molar-refractivity contribution in [1.29, 1.82) is 0 Å². The third-order valence-corrected chi connectivity index (χ3v) is 11.7. The van der Waals surface area contributed by atoms with E-state index in [1.54, 1.807) is 46.8 Å². The van der Waals surface area contributed by atoms with Crippen LogP contribution in [-0.2, 0) is 39.8 Å². The Morgan fingerprint density at radius 2 is 1.92 bits per heavy atom. The molecule has 2 fully saturated rings. The van der Waals surface area contributed by atoms with E-state index < -0.39 is 48.1 Å². The number of methoxy groups -OCH3 is 2. The fourth-order valence-corrected chi connectivity index (χ4v) is 7.80. The van der Waals surface area contributed by atoms with Gasteiger partial charge in [-0.05, 0) is 50.1 Å². The highest BCUT2D eigenvalue weighted by atomic mass is 35.5. The van der Waals surface area contributed by atoms with Crippen molar-refractivity contribution in [3.05, 3.63) is 46.5 Å². The molecule has 288 valence electrons. The van der Waals surface area contributed by atoms with Crippen LogP contribution in [0.4, 0.5) is 10.5 Å². The highest BCUT2D eigenvalue weighted by molar-refractivity contribution is 7.99. The van der Waals surface area contributed by atoms with Gasteiger partial charge < -0.3 is 38.8 Å². The van der Waals surface area contributed by atoms with Gasteiger partial charge in [0.2, 0.25) is 11.8 Å². The van der Waals surface area contributed by atoms with Gasteiger partial charge in [-0.2, -0.15) is 11.8 Å². The van der Waals surface area contributed by atoms with Gasteiger partial charge >= 0.3 is 12.1 Å². The minimum Gasteiger partial charge on any atom is -0.495 e. The zero-order valence-corrected chi connectivity index (χ0v) is 33.5. The Kier molecular flexibility index (Phi) is 14.1. The van der Waals surface area contributed by atoms with Crippen LogP contribution in [0.15, 0.2) is 35.9 Å². The van der Waals surface area contributed by atoms with Crippen LogP contribution in [-0.4, -0.2) is 110 Å². The maximum Gasteiger partial charge on any atom is 0.407 e. The Hall–Kier alpha value is -3.26. The van der Waals surface area contributed by atoms with Gasteiger partial charge in [0, 0.05) is 45.7 Å². The Morgan fingerprint density at radius 1 is 1.21 bits per heavy atom. The van der Waals surface area contributed by atoms with E-state index in [1.165, 1.54) is 16.9 Å². The topological polar surface area (TPSA) is 136 Å². The van der Waals surface area contributed by atoms with Crippen molar-refractivity contribution in [1.82, 2.24) is 10.2 Å². The highest BCUT2D eigenvalue weighted by Gasteiger charge is 2.64. The predicted octanol–water partition coefficient (Wildman–Crippen LogP) is 5.73. The van der Waals surface area contributed by atoms with Crippen molar-refractivity contribution in [2.75, 3.05) is 39.0 Å². The number of carbonyl (C=O) groups is 4. The van der Waals surface area contributed by atoms with E-state index in [0.717, 1.165) is 11.1 Å². The number of fused-ring (bicyclic) bond motifs is 5. The molecule has 0 radical (unpaired) electrons. The summed E-state index contributed by atoms with van der Waals surface area (Å²) >= 11 is 8.44. The number of carbonyl (C=O) groups excluding carboxylic acids is 4. The number of alkyl carbamates (subject to hydrolysis) is 1. The van der Waals surface area contributed by atoms with Gasteiger partial charge in [-0.1, -0.05) is 56.2 Å². The molecule has 0 spiro atoms. The second-order valence-electron chi connectivity index (χ2n) is 14.4. The molecular formula is C38H54ClN3O9S. The Labute approximate surface area is 316 Å². The fourth-order valence-electron chi connectivity index (χ4n) is 6.72. The third-order valence-electron chi connectivity index (χ3n) is 10.2. The number of amides is 3. The predicted molar refractivity (Wildman–Crippen MR) is 202 cm³/mol. The number of epoxide rings is 1. The number of anilines is 1. The minimum absolute atomic E-state index is 0.186. The number of nitrogens with zero attached hydrogens (tertiary/aromatic N) is 2. The van der Waals surface area contributed by atoms with Crippen molar-refractivity contribution < 1.29 is 42.9 Å². The number of hydrogen-bond donors (Lipinski definition) is 1. The first-order valence-corrected chi connectivity index (χ1v) is 19.2. The zero-order chi connectivity index (χ0) is 38.5. The standard InChI is InChI=1S/C38H54ClN3O9S/c1-21(2)52-15-14-32(43)41(7)24(5)36(45)50-31-20-33(44)42(8)27-17-25(18-30(48-10)34(27)39)16-22(3)12-11-13-28(47-9)26-19-29(49-37(46)40-26)23(4)35-38(31,6)51-35/h11-13,17-18,21,23-24,26,28-29,31,35H,14-16,19-20H2,1-10H3,(H,40,46)/b13-11-,22-12+/t23-,24+,26?,28-,29+,31-,35?,38+/m1/s1. The lowest BCUT2D eigenvalue weighted by atomic mass is 9.84. The van der Waals surface area contributed by atoms with Gasteiger partial charge in [-0.3, -0.25) is 9.59 Å². The lowest BCUT2D eigenvalue weighted by Crippen LogP contribution is -2.53. The molecule has 1 N–H and O–H groups in total. The molecule has 4 bridgehead atoms. The SMILES string of the molecule is COc1cc2cc(c1Cl)N(C)C(=O)C[C@@H](OC(=O)[C@H](C)N(C)C(=O)CCSC(C)C)[C@]1(C)OC1[C@H](C)[C@@H]1CC(NC(=O)O1)[C@H](OC)/C=C\C=C(/C)C2. The number of ether oxygens (including phenoxy) is 5. The zero-order valence-electron chi connectivity index (χ0n) is 31.9. The molecule has 1 aromatic carbocycles. The molecule has 1 aromatic rings. The molecule has 52 heavy (non-hydrogen) atoms. The van der Waals surface area contributed by atoms with Crippen molar-refractivity contribution in [3.63, 3.8) is 0 Å². The molecule has 3 aliphatic heterocycles. The van der Waals surface area contributed by atoms with Crippen LogP contribution in [0.3, 0.4) is 0 Å². The van der Waals surface area contributed by atoms with E-state index in [1.807, 2.05) is 44.2 Å². The second-order valence-corrected chi connectivity index (χ2v) is 16.4. The second kappa shape index (κ2) is 17.7. The average Bonchev–Trinajstić information content (AvgIpc) is 3.80. The highest BCUT2D eigenvalue weighted by Crippen LogP contribution is 2.49. The number of nitrogens with one attached hydrogen (secondary N) is 1. The molecule has 8 atom stereocenters. The molecule has 12 nitrogen and oxygen atoms in total. The van der Waals surface area contributed by atoms with Crippen LogP contribution < -0.4 is 15.0 Å². The molecule has 2 unspecified atom stereocenters. The minimum atomic E-state index is -1.11. The molecular weight excluding hydrogens is 710 g/mol. The average molecular weight is 764 g/mol. The quantitative estimate of drug-likeness (QED) is 0.246. The van der Waals surface area contributed by atoms with Gasteiger partial charge in [-0.25, -0.2) is 9.59 Å². The van der Waals surface area contributed by atoms with Crippen LogP contribution in [0.25, 0.3) is 0 Å². The summed E-state index contributed by atoms with van der Waals surface area (Å²) in [7, 11) is 6.29. The lowest BCUT2D eigenvalue weighted by Gasteiger charge is -2.36. The summed E-state index contributed by atoms with van der Waals surface area (Å²) in [6.07, 6.45) is 3.63. The van der Waals surface area contributed by atoms with Gasteiger partial charge in [0.05, 0.1) is 37.5 Å². The summed E-state index contributed by atoms with van der Waals surface area (Å²) < 4.78 is 29.6. The first kappa shape index (κ1) is 41.5. The lowest BCUT2D eigenvalue weighted by molar-refractivity contribution is -0.161. The molecule has 3 heterocycles. The monoisotopic (exact) mass is 763 g/mol. The smallest absolute Gasteiger partial charge is 0.407 e. The summed E-state index contributed by atoms with van der Waals surface area (Å²) in [4.78, 5) is 56.4. The number of likely N-dealkylation sites (N-methyl/N-ethyl adjacent to an activating group) is 1. The van der Waals surface area contributed by atoms with Crippen LogP contribution in [0.1, 0.15) is 66.4 Å². The molecule has 4 rings (SSSR count). The number of allylic oxidation sites excluding steroid dienone is 3. The van der Waals surface area contributed by atoms with Crippen LogP contribution in [0.5, 0.6) is 5.75 Å². The van der Waals surface area contributed by atoms with Gasteiger partial charge in [-0.15, -0.1) is 0 Å². The summed E-state index contributed by atoms with van der Waals surface area (Å²) in [5.41, 5.74) is 1.21. The van der Waals surface area contributed by atoms with E-state index in [4.69, 9.17) is 35.3 Å². The number of esters is 1. The molecule has 0 saturated carbocycles. The normalized spacial score (nSPS) is 30.2. The first-order valence-electron chi connectivity index (χ1n) is 17.7. The molecule has 14 heteroatoms. The van der Waals surface area contributed by atoms with Gasteiger partial charge in [0.15, 0.2) is 0 Å². The summed E-state index contributed by atoms with van der Waals surface area (Å²) in [6.45, 7) is 11.4. The van der Waals surface area contributed by atoms with Crippen LogP contribution in [0, 0.1) is 5.92 Å². The van der Waals surface area contributed by atoms with Crippen molar-refractivity contribution in [2.24, 2.45) is 5.92 Å². The number of hydrogen-bond acceptors (Lipinski definition) is 10.